The maximum atomic E-state index is 12.8. The van der Waals surface area contributed by atoms with Crippen LogP contribution in [0.15, 0.2) is 30.3 Å². The van der Waals surface area contributed by atoms with Crippen molar-refractivity contribution in [1.82, 2.24) is 20.0 Å². The Bertz CT molecular complexity index is 890. The van der Waals surface area contributed by atoms with Gasteiger partial charge in [0.1, 0.15) is 5.66 Å². The van der Waals surface area contributed by atoms with E-state index in [-0.39, 0.29) is 11.8 Å². The molecule has 1 spiro atoms. The topological polar surface area (TPSA) is 79.3 Å². The third kappa shape index (κ3) is 3.41. The van der Waals surface area contributed by atoms with Gasteiger partial charge in [-0.05, 0) is 44.9 Å². The SMILES string of the molecule is Cc1cc(C)n(CCC(=O)N2CCC[C@@]3(C2)NC(=O)c2ccccc2N3)n1. The molecule has 1 saturated heterocycles. The lowest BCUT2D eigenvalue weighted by molar-refractivity contribution is -0.133. The maximum absolute atomic E-state index is 12.8. The highest BCUT2D eigenvalue weighted by atomic mass is 16.2. The zero-order chi connectivity index (χ0) is 19.0. The van der Waals surface area contributed by atoms with Gasteiger partial charge in [-0.25, -0.2) is 0 Å². The molecule has 0 radical (unpaired) electrons. The number of nitrogens with zero attached hydrogens (tertiary/aromatic N) is 3. The van der Waals surface area contributed by atoms with Gasteiger partial charge < -0.3 is 15.5 Å². The van der Waals surface area contributed by atoms with Crippen LogP contribution in [0.3, 0.4) is 0 Å². The maximum Gasteiger partial charge on any atom is 0.255 e. The number of rotatable bonds is 3. The number of nitrogens with one attached hydrogen (secondary N) is 2. The Hall–Kier alpha value is -2.83. The van der Waals surface area contributed by atoms with Crippen molar-refractivity contribution in [2.75, 3.05) is 18.4 Å². The second kappa shape index (κ2) is 6.72. The van der Waals surface area contributed by atoms with Gasteiger partial charge in [-0.15, -0.1) is 0 Å². The molecule has 0 bridgehead atoms. The van der Waals surface area contributed by atoms with E-state index in [9.17, 15) is 9.59 Å². The number of piperidine rings is 1. The van der Waals surface area contributed by atoms with Crippen LogP contribution in [-0.4, -0.2) is 45.2 Å². The first-order valence-electron chi connectivity index (χ1n) is 9.44. The summed E-state index contributed by atoms with van der Waals surface area (Å²) in [6.07, 6.45) is 2.05. The fourth-order valence-electron chi connectivity index (χ4n) is 4.10. The zero-order valence-electron chi connectivity index (χ0n) is 15.8. The van der Waals surface area contributed by atoms with Gasteiger partial charge in [-0.3, -0.25) is 14.3 Å². The summed E-state index contributed by atoms with van der Waals surface area (Å²) in [6, 6.07) is 9.51. The monoisotopic (exact) mass is 367 g/mol. The molecule has 7 heteroatoms. The summed E-state index contributed by atoms with van der Waals surface area (Å²) in [4.78, 5) is 27.2. The number of carbonyl (C=O) groups excluding carboxylic acids is 2. The van der Waals surface area contributed by atoms with E-state index in [4.69, 9.17) is 0 Å². The highest BCUT2D eigenvalue weighted by molar-refractivity contribution is 6.02. The molecule has 27 heavy (non-hydrogen) atoms. The van der Waals surface area contributed by atoms with E-state index < -0.39 is 5.66 Å². The molecule has 0 saturated carbocycles. The van der Waals surface area contributed by atoms with Crippen LogP contribution < -0.4 is 10.6 Å². The van der Waals surface area contributed by atoms with Crippen LogP contribution in [0.2, 0.25) is 0 Å². The number of fused-ring (bicyclic) bond motifs is 1. The molecule has 0 aliphatic carbocycles. The van der Waals surface area contributed by atoms with Crippen LogP contribution in [0.4, 0.5) is 5.69 Å². The summed E-state index contributed by atoms with van der Waals surface area (Å²) in [7, 11) is 0. The first-order valence-corrected chi connectivity index (χ1v) is 9.44. The third-order valence-corrected chi connectivity index (χ3v) is 5.38. The van der Waals surface area contributed by atoms with E-state index in [2.05, 4.69) is 15.7 Å². The molecule has 1 atom stereocenters. The van der Waals surface area contributed by atoms with E-state index in [1.165, 1.54) is 0 Å². The molecule has 0 unspecified atom stereocenters. The van der Waals surface area contributed by atoms with E-state index >= 15 is 0 Å². The van der Waals surface area contributed by atoms with Gasteiger partial charge in [-0.2, -0.15) is 5.10 Å². The molecule has 1 aromatic carbocycles. The number of carbonyl (C=O) groups is 2. The van der Waals surface area contributed by atoms with Gasteiger partial charge in [0.2, 0.25) is 5.91 Å². The van der Waals surface area contributed by atoms with Gasteiger partial charge in [0.25, 0.3) is 5.91 Å². The predicted molar refractivity (Wildman–Crippen MR) is 102 cm³/mol. The largest absolute Gasteiger partial charge is 0.361 e. The zero-order valence-corrected chi connectivity index (χ0v) is 15.8. The number of likely N-dealkylation sites (tertiary alicyclic amines) is 1. The van der Waals surface area contributed by atoms with Crippen molar-refractivity contribution < 1.29 is 9.59 Å². The Labute approximate surface area is 158 Å². The number of anilines is 1. The van der Waals surface area contributed by atoms with Crippen molar-refractivity contribution in [2.45, 2.75) is 45.3 Å². The summed E-state index contributed by atoms with van der Waals surface area (Å²) in [5.41, 5.74) is 2.92. The number of hydrogen-bond donors (Lipinski definition) is 2. The van der Waals surface area contributed by atoms with E-state index in [0.29, 0.717) is 25.1 Å². The molecule has 1 aromatic heterocycles. The van der Waals surface area contributed by atoms with Crippen molar-refractivity contribution >= 4 is 17.5 Å². The molecule has 7 nitrogen and oxygen atoms in total. The first-order chi connectivity index (χ1) is 13.0. The third-order valence-electron chi connectivity index (χ3n) is 5.38. The Kier molecular flexibility index (Phi) is 4.37. The number of aromatic nitrogens is 2. The molecule has 2 aliphatic heterocycles. The number of benzene rings is 1. The summed E-state index contributed by atoms with van der Waals surface area (Å²) in [5, 5.41) is 11.0. The molecule has 1 fully saturated rings. The van der Waals surface area contributed by atoms with Gasteiger partial charge in [-0.1, -0.05) is 12.1 Å². The highest BCUT2D eigenvalue weighted by Crippen LogP contribution is 2.30. The number of amides is 2. The molecule has 3 heterocycles. The standard InChI is InChI=1S/C20H25N5O2/c1-14-12-15(2)25(23-14)11-8-18(26)24-10-5-9-20(13-24)21-17-7-4-3-6-16(17)19(27)22-20/h3-4,6-7,12,21H,5,8-11,13H2,1-2H3,(H,22,27)/t20-/m0/s1. The fourth-order valence-corrected chi connectivity index (χ4v) is 4.10. The molecule has 2 N–H and O–H groups in total. The number of aryl methyl sites for hydroxylation is 3. The fraction of sp³-hybridized carbons (Fsp3) is 0.450. The van der Waals surface area contributed by atoms with Gasteiger partial charge >= 0.3 is 0 Å². The van der Waals surface area contributed by atoms with E-state index in [1.54, 1.807) is 0 Å². The lowest BCUT2D eigenvalue weighted by Crippen LogP contribution is -2.66. The lowest BCUT2D eigenvalue weighted by Gasteiger charge is -2.46. The highest BCUT2D eigenvalue weighted by Gasteiger charge is 2.41. The Morgan fingerprint density at radius 3 is 2.85 bits per heavy atom. The van der Waals surface area contributed by atoms with Crippen LogP contribution >= 0.6 is 0 Å². The summed E-state index contributed by atoms with van der Waals surface area (Å²) >= 11 is 0. The second-order valence-electron chi connectivity index (χ2n) is 7.53. The van der Waals surface area contributed by atoms with E-state index in [0.717, 1.165) is 36.5 Å². The van der Waals surface area contributed by atoms with Crippen LogP contribution in [0.5, 0.6) is 0 Å². The van der Waals surface area contributed by atoms with Crippen LogP contribution in [0.25, 0.3) is 0 Å². The Morgan fingerprint density at radius 2 is 2.07 bits per heavy atom. The van der Waals surface area contributed by atoms with Crippen molar-refractivity contribution in [3.8, 4) is 0 Å². The molecule has 2 aromatic rings. The lowest BCUT2D eigenvalue weighted by atomic mass is 9.93. The molecular formula is C20H25N5O2. The molecule has 2 aliphatic rings. The average Bonchev–Trinajstić information content (AvgIpc) is 2.97. The second-order valence-corrected chi connectivity index (χ2v) is 7.53. The molecule has 142 valence electrons. The summed E-state index contributed by atoms with van der Waals surface area (Å²) < 4.78 is 1.88. The number of para-hydroxylation sites is 1. The summed E-state index contributed by atoms with van der Waals surface area (Å²) in [6.45, 7) is 5.72. The normalized spacial score (nSPS) is 21.6. The smallest absolute Gasteiger partial charge is 0.255 e. The van der Waals surface area contributed by atoms with Gasteiger partial charge in [0, 0.05) is 30.9 Å². The quantitative estimate of drug-likeness (QED) is 0.870. The Balaban J connectivity index is 1.44. The minimum Gasteiger partial charge on any atom is -0.361 e. The van der Waals surface area contributed by atoms with E-state index in [1.807, 2.05) is 53.8 Å². The number of hydrogen-bond acceptors (Lipinski definition) is 4. The molecule has 4 rings (SSSR count). The van der Waals surface area contributed by atoms with Crippen molar-refractivity contribution in [1.29, 1.82) is 0 Å². The average molecular weight is 367 g/mol. The van der Waals surface area contributed by atoms with Gasteiger partial charge in [0.05, 0.1) is 17.8 Å². The van der Waals surface area contributed by atoms with Crippen molar-refractivity contribution in [2.24, 2.45) is 0 Å². The minimum atomic E-state index is -0.586. The van der Waals surface area contributed by atoms with Crippen LogP contribution in [0, 0.1) is 13.8 Å². The summed E-state index contributed by atoms with van der Waals surface area (Å²) in [5.74, 6) is 0.0119. The van der Waals surface area contributed by atoms with Crippen molar-refractivity contribution in [3.05, 3.63) is 47.3 Å². The first kappa shape index (κ1) is 17.6. The molecule has 2 amide bonds. The minimum absolute atomic E-state index is 0.0821. The van der Waals surface area contributed by atoms with Crippen LogP contribution in [0.1, 0.15) is 41.0 Å². The predicted octanol–water partition coefficient (Wildman–Crippen LogP) is 2.06. The molecular weight excluding hydrogens is 342 g/mol. The van der Waals surface area contributed by atoms with Crippen molar-refractivity contribution in [3.63, 3.8) is 0 Å². The van der Waals surface area contributed by atoms with Crippen LogP contribution in [-0.2, 0) is 11.3 Å². The van der Waals surface area contributed by atoms with Gasteiger partial charge in [0.15, 0.2) is 0 Å². The Morgan fingerprint density at radius 1 is 1.26 bits per heavy atom.